The Bertz CT molecular complexity index is 3310. The van der Waals surface area contributed by atoms with Gasteiger partial charge < -0.3 is 4.90 Å². The molecule has 12 rings (SSSR count). The Balaban J connectivity index is 0.934. The summed E-state index contributed by atoms with van der Waals surface area (Å²) >= 11 is 0. The van der Waals surface area contributed by atoms with Gasteiger partial charge in [-0.25, -0.2) is 0 Å². The first kappa shape index (κ1) is 37.5. The van der Waals surface area contributed by atoms with Gasteiger partial charge in [-0.1, -0.05) is 206 Å². The molecule has 11 aromatic rings. The summed E-state index contributed by atoms with van der Waals surface area (Å²) < 4.78 is 0. The molecule has 1 nitrogen and oxygen atoms in total. The Morgan fingerprint density at radius 2 is 0.609 bits per heavy atom. The van der Waals surface area contributed by atoms with Gasteiger partial charge in [-0.05, 0) is 143 Å². The Morgan fingerprint density at radius 1 is 0.234 bits per heavy atom. The molecular weight excluding hydrogens is 771 g/mol. The van der Waals surface area contributed by atoms with Gasteiger partial charge in [0.05, 0.1) is 5.41 Å². The Kier molecular flexibility index (Phi) is 9.13. The van der Waals surface area contributed by atoms with Crippen molar-refractivity contribution < 1.29 is 0 Å². The van der Waals surface area contributed by atoms with E-state index in [-0.39, 0.29) is 0 Å². The van der Waals surface area contributed by atoms with Crippen LogP contribution in [0.3, 0.4) is 0 Å². The highest BCUT2D eigenvalue weighted by Gasteiger charge is 2.45. The number of fused-ring (bicyclic) bond motifs is 5. The van der Waals surface area contributed by atoms with E-state index >= 15 is 0 Å². The van der Waals surface area contributed by atoms with Crippen molar-refractivity contribution in [2.24, 2.45) is 0 Å². The van der Waals surface area contributed by atoms with Gasteiger partial charge in [0.1, 0.15) is 0 Å². The van der Waals surface area contributed by atoms with E-state index in [1.165, 1.54) is 88.3 Å². The number of hydrogen-bond acceptors (Lipinski definition) is 1. The average Bonchev–Trinajstić information content (AvgIpc) is 3.68. The molecule has 1 aliphatic carbocycles. The number of benzene rings is 11. The van der Waals surface area contributed by atoms with Crippen LogP contribution >= 0.6 is 0 Å². The van der Waals surface area contributed by atoms with Gasteiger partial charge in [0.15, 0.2) is 0 Å². The molecule has 64 heavy (non-hydrogen) atoms. The maximum Gasteiger partial charge on any atom is 0.0713 e. The van der Waals surface area contributed by atoms with Crippen molar-refractivity contribution in [1.82, 2.24) is 0 Å². The lowest BCUT2D eigenvalue weighted by Crippen LogP contribution is -2.28. The predicted octanol–water partition coefficient (Wildman–Crippen LogP) is 16.8. The highest BCUT2D eigenvalue weighted by Crippen LogP contribution is 2.56. The first-order valence-corrected chi connectivity index (χ1v) is 22.2. The minimum Gasteiger partial charge on any atom is -0.311 e. The lowest BCUT2D eigenvalue weighted by Gasteiger charge is -2.34. The quantitative estimate of drug-likeness (QED) is 0.148. The van der Waals surface area contributed by atoms with Crippen LogP contribution in [-0.4, -0.2) is 0 Å². The molecule has 0 spiro atoms. The van der Waals surface area contributed by atoms with E-state index in [2.05, 4.69) is 266 Å². The molecule has 0 radical (unpaired) electrons. The van der Waals surface area contributed by atoms with Crippen LogP contribution in [0, 0.1) is 0 Å². The normalized spacial score (nSPS) is 12.5. The van der Waals surface area contributed by atoms with E-state index in [0.717, 1.165) is 17.1 Å². The summed E-state index contributed by atoms with van der Waals surface area (Å²) in [7, 11) is 0. The van der Waals surface area contributed by atoms with Crippen molar-refractivity contribution in [2.45, 2.75) is 5.41 Å². The second-order valence-electron chi connectivity index (χ2n) is 16.9. The van der Waals surface area contributed by atoms with Crippen LogP contribution in [0.5, 0.6) is 0 Å². The Hall–Kier alpha value is -8.26. The number of hydrogen-bond donors (Lipinski definition) is 0. The van der Waals surface area contributed by atoms with E-state index in [1.807, 2.05) is 0 Å². The van der Waals surface area contributed by atoms with Crippen LogP contribution in [0.1, 0.15) is 22.3 Å². The van der Waals surface area contributed by atoms with Gasteiger partial charge >= 0.3 is 0 Å². The minimum atomic E-state index is -0.445. The van der Waals surface area contributed by atoms with Crippen LogP contribution in [0.25, 0.3) is 66.1 Å². The van der Waals surface area contributed by atoms with Crippen LogP contribution in [-0.2, 0) is 5.41 Å². The smallest absolute Gasteiger partial charge is 0.0713 e. The summed E-state index contributed by atoms with van der Waals surface area (Å²) in [6.45, 7) is 0. The fourth-order valence-electron chi connectivity index (χ4n) is 10.2. The van der Waals surface area contributed by atoms with Crippen molar-refractivity contribution in [3.8, 4) is 44.5 Å². The molecule has 0 fully saturated rings. The first-order valence-electron chi connectivity index (χ1n) is 22.2. The van der Waals surface area contributed by atoms with Crippen LogP contribution in [0.2, 0.25) is 0 Å². The minimum absolute atomic E-state index is 0.445. The maximum atomic E-state index is 2.41. The second-order valence-corrected chi connectivity index (χ2v) is 16.9. The summed E-state index contributed by atoms with van der Waals surface area (Å²) in [5, 5.41) is 4.99. The largest absolute Gasteiger partial charge is 0.311 e. The van der Waals surface area contributed by atoms with E-state index in [1.54, 1.807) is 0 Å². The van der Waals surface area contributed by atoms with Gasteiger partial charge in [0.2, 0.25) is 0 Å². The van der Waals surface area contributed by atoms with E-state index in [0.29, 0.717) is 0 Å². The molecule has 0 unspecified atom stereocenters. The molecule has 0 amide bonds. The number of nitrogens with zero attached hydrogens (tertiary/aromatic N) is 1. The van der Waals surface area contributed by atoms with Crippen LogP contribution in [0.4, 0.5) is 17.1 Å². The van der Waals surface area contributed by atoms with E-state index in [9.17, 15) is 0 Å². The molecule has 0 N–H and O–H groups in total. The Labute approximate surface area is 374 Å². The maximum absolute atomic E-state index is 2.41. The topological polar surface area (TPSA) is 3.24 Å². The molecule has 1 heteroatoms. The van der Waals surface area contributed by atoms with E-state index < -0.39 is 5.41 Å². The van der Waals surface area contributed by atoms with E-state index in [4.69, 9.17) is 0 Å². The molecule has 0 bridgehead atoms. The second kappa shape index (κ2) is 15.6. The van der Waals surface area contributed by atoms with Crippen molar-refractivity contribution in [2.75, 3.05) is 4.90 Å². The van der Waals surface area contributed by atoms with Crippen molar-refractivity contribution >= 4 is 38.6 Å². The van der Waals surface area contributed by atoms with Crippen LogP contribution in [0.15, 0.2) is 261 Å². The Morgan fingerprint density at radius 3 is 1.09 bits per heavy atom. The van der Waals surface area contributed by atoms with Gasteiger partial charge in [-0.15, -0.1) is 0 Å². The molecular formula is C63H43N. The molecule has 11 aromatic carbocycles. The van der Waals surface area contributed by atoms with Crippen molar-refractivity contribution in [3.63, 3.8) is 0 Å². The summed E-state index contributed by atoms with van der Waals surface area (Å²) in [6, 6.07) is 95.8. The molecule has 0 saturated heterocycles. The lowest BCUT2D eigenvalue weighted by atomic mass is 9.67. The summed E-state index contributed by atoms with van der Waals surface area (Å²) in [5.74, 6) is 0. The zero-order valence-electron chi connectivity index (χ0n) is 35.3. The molecule has 300 valence electrons. The third-order valence-electron chi connectivity index (χ3n) is 13.3. The van der Waals surface area contributed by atoms with Crippen LogP contribution < -0.4 is 4.90 Å². The van der Waals surface area contributed by atoms with Gasteiger partial charge in [-0.2, -0.15) is 0 Å². The predicted molar refractivity (Wildman–Crippen MR) is 270 cm³/mol. The SMILES string of the molecule is c1ccc(C2(c3cccc(-c4ccc(N(c5ccc(-c6ccc7ccccc7c6)cc5)c5ccc(-c6ccc7ccccc7c6)cc5)cc4)c3)c3ccccc3-c3ccccc32)cc1. The third kappa shape index (κ3) is 6.32. The molecule has 0 heterocycles. The molecule has 0 aliphatic heterocycles. The first-order chi connectivity index (χ1) is 31.7. The fraction of sp³-hybridized carbons (Fsp3) is 0.0159. The van der Waals surface area contributed by atoms with Crippen molar-refractivity contribution in [1.29, 1.82) is 0 Å². The highest BCUT2D eigenvalue weighted by atomic mass is 15.1. The number of rotatable bonds is 8. The monoisotopic (exact) mass is 813 g/mol. The zero-order valence-corrected chi connectivity index (χ0v) is 35.3. The third-order valence-corrected chi connectivity index (χ3v) is 13.3. The highest BCUT2D eigenvalue weighted by molar-refractivity contribution is 5.90. The molecule has 0 saturated carbocycles. The zero-order chi connectivity index (χ0) is 42.5. The van der Waals surface area contributed by atoms with Gasteiger partial charge in [0.25, 0.3) is 0 Å². The molecule has 0 atom stereocenters. The van der Waals surface area contributed by atoms with Gasteiger partial charge in [-0.3, -0.25) is 0 Å². The standard InChI is InChI=1S/C63H43N/c1-2-18-54(19-3-1)63(61-23-10-8-21-59(61)60-22-9-11-24-62(60)63)55-20-12-17-51(43-55)46-29-35-56(36-30-46)64(57-37-31-47(32-38-57)52-27-25-44-13-4-6-15-49(44)41-52)58-39-33-48(34-40-58)53-28-26-45-14-5-7-16-50(45)42-53/h1-43H. The summed E-state index contributed by atoms with van der Waals surface area (Å²) in [6.07, 6.45) is 0. The molecule has 0 aromatic heterocycles. The fourth-order valence-corrected chi connectivity index (χ4v) is 10.2. The van der Waals surface area contributed by atoms with Crippen molar-refractivity contribution in [3.05, 3.63) is 283 Å². The summed E-state index contributed by atoms with van der Waals surface area (Å²) in [5.41, 5.74) is 17.8. The van der Waals surface area contributed by atoms with Gasteiger partial charge in [0, 0.05) is 17.1 Å². The summed E-state index contributed by atoms with van der Waals surface area (Å²) in [4.78, 5) is 2.37. The number of anilines is 3. The molecule has 1 aliphatic rings. The average molecular weight is 814 g/mol. The lowest BCUT2D eigenvalue weighted by molar-refractivity contribution is 0.769.